The maximum Gasteiger partial charge on any atom is 0.0571 e. The van der Waals surface area contributed by atoms with Crippen molar-refractivity contribution in [2.75, 3.05) is 0 Å². The van der Waals surface area contributed by atoms with Crippen molar-refractivity contribution in [2.45, 2.75) is 58.0 Å². The van der Waals surface area contributed by atoms with E-state index in [-0.39, 0.29) is 6.10 Å². The standard InChI is InChI=1S/C12H22O/c1-9-6-7-12(13)11(8-9)10-4-2-3-5-10/h9-13H,2-8H2,1H3. The van der Waals surface area contributed by atoms with E-state index in [0.29, 0.717) is 5.92 Å². The van der Waals surface area contributed by atoms with Gasteiger partial charge in [0.05, 0.1) is 6.10 Å². The van der Waals surface area contributed by atoms with Crippen molar-refractivity contribution in [3.05, 3.63) is 0 Å². The highest BCUT2D eigenvalue weighted by atomic mass is 16.3. The summed E-state index contributed by atoms with van der Waals surface area (Å²) in [5, 5.41) is 9.95. The fourth-order valence-corrected chi connectivity index (χ4v) is 3.30. The topological polar surface area (TPSA) is 20.2 Å². The monoisotopic (exact) mass is 182 g/mol. The highest BCUT2D eigenvalue weighted by Crippen LogP contribution is 2.41. The van der Waals surface area contributed by atoms with Gasteiger partial charge in [0.25, 0.3) is 0 Å². The van der Waals surface area contributed by atoms with Gasteiger partial charge in [0, 0.05) is 0 Å². The third kappa shape index (κ3) is 2.07. The highest BCUT2D eigenvalue weighted by molar-refractivity contribution is 4.85. The van der Waals surface area contributed by atoms with Gasteiger partial charge < -0.3 is 5.11 Å². The minimum absolute atomic E-state index is 0.0271. The van der Waals surface area contributed by atoms with Crippen LogP contribution in [0.3, 0.4) is 0 Å². The van der Waals surface area contributed by atoms with E-state index in [2.05, 4.69) is 6.92 Å². The quantitative estimate of drug-likeness (QED) is 0.661. The Morgan fingerprint density at radius 1 is 1.00 bits per heavy atom. The first-order valence-electron chi connectivity index (χ1n) is 5.95. The van der Waals surface area contributed by atoms with Gasteiger partial charge in [0.15, 0.2) is 0 Å². The van der Waals surface area contributed by atoms with Gasteiger partial charge in [-0.25, -0.2) is 0 Å². The zero-order valence-corrected chi connectivity index (χ0v) is 8.71. The third-order valence-electron chi connectivity index (χ3n) is 4.13. The molecular formula is C12H22O. The van der Waals surface area contributed by atoms with Crippen molar-refractivity contribution in [1.29, 1.82) is 0 Å². The Kier molecular flexibility index (Phi) is 2.92. The predicted octanol–water partition coefficient (Wildman–Crippen LogP) is 2.97. The van der Waals surface area contributed by atoms with Crippen molar-refractivity contribution in [2.24, 2.45) is 17.8 Å². The molecule has 3 atom stereocenters. The lowest BCUT2D eigenvalue weighted by atomic mass is 9.73. The predicted molar refractivity (Wildman–Crippen MR) is 54.5 cm³/mol. The Bertz CT molecular complexity index is 161. The smallest absolute Gasteiger partial charge is 0.0571 e. The highest BCUT2D eigenvalue weighted by Gasteiger charge is 2.34. The summed E-state index contributed by atoms with van der Waals surface area (Å²) in [5.74, 6) is 2.36. The van der Waals surface area contributed by atoms with E-state index >= 15 is 0 Å². The summed E-state index contributed by atoms with van der Waals surface area (Å²) in [6, 6.07) is 0. The summed E-state index contributed by atoms with van der Waals surface area (Å²) in [4.78, 5) is 0. The molecule has 0 saturated heterocycles. The summed E-state index contributed by atoms with van der Waals surface area (Å²) in [7, 11) is 0. The largest absolute Gasteiger partial charge is 0.393 e. The summed E-state index contributed by atoms with van der Waals surface area (Å²) >= 11 is 0. The molecule has 0 aromatic rings. The summed E-state index contributed by atoms with van der Waals surface area (Å²) in [6.07, 6.45) is 9.19. The molecule has 2 saturated carbocycles. The minimum atomic E-state index is 0.0271. The van der Waals surface area contributed by atoms with E-state index in [1.54, 1.807) is 0 Å². The van der Waals surface area contributed by atoms with E-state index in [1.165, 1.54) is 38.5 Å². The number of hydrogen-bond acceptors (Lipinski definition) is 1. The van der Waals surface area contributed by atoms with Crippen molar-refractivity contribution in [3.63, 3.8) is 0 Å². The van der Waals surface area contributed by atoms with Gasteiger partial charge in [0.2, 0.25) is 0 Å². The minimum Gasteiger partial charge on any atom is -0.393 e. The zero-order chi connectivity index (χ0) is 9.26. The van der Waals surface area contributed by atoms with E-state index in [4.69, 9.17) is 0 Å². The van der Waals surface area contributed by atoms with Crippen molar-refractivity contribution in [1.82, 2.24) is 0 Å². The molecule has 2 aliphatic rings. The van der Waals surface area contributed by atoms with Gasteiger partial charge in [-0.2, -0.15) is 0 Å². The van der Waals surface area contributed by atoms with Gasteiger partial charge in [-0.05, 0) is 37.0 Å². The van der Waals surface area contributed by atoms with E-state index in [9.17, 15) is 5.11 Å². The van der Waals surface area contributed by atoms with Crippen LogP contribution in [-0.2, 0) is 0 Å². The van der Waals surface area contributed by atoms with Crippen LogP contribution < -0.4 is 0 Å². The van der Waals surface area contributed by atoms with Gasteiger partial charge in [-0.15, -0.1) is 0 Å². The second kappa shape index (κ2) is 4.00. The van der Waals surface area contributed by atoms with Crippen LogP contribution in [0.5, 0.6) is 0 Å². The average molecular weight is 182 g/mol. The second-order valence-corrected chi connectivity index (χ2v) is 5.19. The molecule has 2 fully saturated rings. The fraction of sp³-hybridized carbons (Fsp3) is 1.00. The van der Waals surface area contributed by atoms with Crippen molar-refractivity contribution in [3.8, 4) is 0 Å². The summed E-state index contributed by atoms with van der Waals surface area (Å²) in [5.41, 5.74) is 0. The lowest BCUT2D eigenvalue weighted by Crippen LogP contribution is -2.32. The van der Waals surface area contributed by atoms with E-state index in [1.807, 2.05) is 0 Å². The SMILES string of the molecule is CC1CCC(O)C(C2CCCC2)C1. The molecule has 0 spiro atoms. The van der Waals surface area contributed by atoms with Crippen LogP contribution in [0.15, 0.2) is 0 Å². The Labute approximate surface area is 81.5 Å². The summed E-state index contributed by atoms with van der Waals surface area (Å²) in [6.45, 7) is 2.34. The first-order valence-corrected chi connectivity index (χ1v) is 5.95. The van der Waals surface area contributed by atoms with Crippen LogP contribution in [0.2, 0.25) is 0 Å². The van der Waals surface area contributed by atoms with Crippen molar-refractivity contribution < 1.29 is 5.11 Å². The van der Waals surface area contributed by atoms with Gasteiger partial charge in [-0.1, -0.05) is 32.6 Å². The molecule has 13 heavy (non-hydrogen) atoms. The van der Waals surface area contributed by atoms with Crippen LogP contribution in [0.25, 0.3) is 0 Å². The van der Waals surface area contributed by atoms with E-state index < -0.39 is 0 Å². The Balaban J connectivity index is 1.94. The molecule has 0 aromatic carbocycles. The molecule has 1 N–H and O–H groups in total. The van der Waals surface area contributed by atoms with Crippen LogP contribution in [0.4, 0.5) is 0 Å². The third-order valence-corrected chi connectivity index (χ3v) is 4.13. The normalized spacial score (nSPS) is 42.5. The number of rotatable bonds is 1. The molecule has 1 heteroatoms. The molecule has 0 aromatic heterocycles. The molecule has 0 amide bonds. The average Bonchev–Trinajstić information content (AvgIpc) is 2.61. The molecule has 1 nitrogen and oxygen atoms in total. The summed E-state index contributed by atoms with van der Waals surface area (Å²) < 4.78 is 0. The van der Waals surface area contributed by atoms with Crippen molar-refractivity contribution >= 4 is 0 Å². The Hall–Kier alpha value is -0.0400. The first kappa shape index (κ1) is 9.51. The first-order chi connectivity index (χ1) is 6.27. The zero-order valence-electron chi connectivity index (χ0n) is 8.71. The van der Waals surface area contributed by atoms with Crippen LogP contribution in [0, 0.1) is 17.8 Å². The molecule has 2 rings (SSSR count). The van der Waals surface area contributed by atoms with E-state index in [0.717, 1.165) is 18.3 Å². The Morgan fingerprint density at radius 2 is 1.69 bits per heavy atom. The lowest BCUT2D eigenvalue weighted by molar-refractivity contribution is 0.0213. The number of aliphatic hydroxyl groups is 1. The molecule has 2 aliphatic carbocycles. The van der Waals surface area contributed by atoms with Gasteiger partial charge >= 0.3 is 0 Å². The van der Waals surface area contributed by atoms with Crippen LogP contribution in [0.1, 0.15) is 51.9 Å². The second-order valence-electron chi connectivity index (χ2n) is 5.19. The molecular weight excluding hydrogens is 160 g/mol. The number of aliphatic hydroxyl groups excluding tert-OH is 1. The molecule has 0 heterocycles. The Morgan fingerprint density at radius 3 is 2.38 bits per heavy atom. The van der Waals surface area contributed by atoms with Crippen LogP contribution in [-0.4, -0.2) is 11.2 Å². The van der Waals surface area contributed by atoms with Crippen LogP contribution >= 0.6 is 0 Å². The fourth-order valence-electron chi connectivity index (χ4n) is 3.30. The lowest BCUT2D eigenvalue weighted by Gasteiger charge is -2.35. The molecule has 0 bridgehead atoms. The molecule has 3 unspecified atom stereocenters. The molecule has 76 valence electrons. The molecule has 0 aliphatic heterocycles. The maximum absolute atomic E-state index is 9.95. The van der Waals surface area contributed by atoms with Gasteiger partial charge in [-0.3, -0.25) is 0 Å². The number of hydrogen-bond donors (Lipinski definition) is 1. The van der Waals surface area contributed by atoms with Gasteiger partial charge in [0.1, 0.15) is 0 Å². The maximum atomic E-state index is 9.95. The molecule has 0 radical (unpaired) electrons.